The second kappa shape index (κ2) is 11.2. The van der Waals surface area contributed by atoms with Crippen molar-refractivity contribution in [2.75, 3.05) is 6.54 Å². The number of carbonyl (C=O) groups excluding carboxylic acids is 2. The Bertz CT molecular complexity index is 1040. The molecular formula is C27H29FN2O2. The summed E-state index contributed by atoms with van der Waals surface area (Å²) in [6.07, 6.45) is 0.584. The molecule has 3 rings (SSSR count). The molecule has 0 spiro atoms. The van der Waals surface area contributed by atoms with Crippen LogP contribution in [0.25, 0.3) is 0 Å². The van der Waals surface area contributed by atoms with Gasteiger partial charge in [-0.3, -0.25) is 9.59 Å². The Morgan fingerprint density at radius 3 is 2.25 bits per heavy atom. The number of amides is 2. The Kier molecular flexibility index (Phi) is 8.14. The molecule has 0 saturated carbocycles. The molecular weight excluding hydrogens is 403 g/mol. The van der Waals surface area contributed by atoms with Gasteiger partial charge in [-0.1, -0.05) is 72.3 Å². The first-order chi connectivity index (χ1) is 15.5. The predicted molar refractivity (Wildman–Crippen MR) is 124 cm³/mol. The van der Waals surface area contributed by atoms with E-state index in [0.29, 0.717) is 13.0 Å². The fourth-order valence-corrected chi connectivity index (χ4v) is 3.73. The van der Waals surface area contributed by atoms with Crippen molar-refractivity contribution in [1.29, 1.82) is 0 Å². The minimum atomic E-state index is -0.681. The molecule has 0 saturated heterocycles. The minimum Gasteiger partial charge on any atom is -0.355 e. The fraction of sp³-hybridized carbons (Fsp3) is 0.259. The third kappa shape index (κ3) is 6.51. The summed E-state index contributed by atoms with van der Waals surface area (Å²) in [4.78, 5) is 28.2. The van der Waals surface area contributed by atoms with Gasteiger partial charge in [-0.05, 0) is 42.7 Å². The molecule has 0 fully saturated rings. The number of halogens is 1. The number of likely N-dealkylation sites (N-methyl/N-ethyl adjacent to an activating group) is 1. The van der Waals surface area contributed by atoms with Crippen LogP contribution in [0.2, 0.25) is 0 Å². The third-order valence-corrected chi connectivity index (χ3v) is 5.33. The van der Waals surface area contributed by atoms with Crippen molar-refractivity contribution in [3.8, 4) is 0 Å². The molecule has 1 atom stereocenters. The number of benzene rings is 3. The van der Waals surface area contributed by atoms with Crippen LogP contribution in [-0.4, -0.2) is 29.3 Å². The standard InChI is InChI=1S/C27H29FN2O2/c1-3-29-27(32)25(17-21-9-5-4-6-10-21)30(19-22-12-14-24(28)15-13-22)26(31)18-23-11-7-8-20(2)16-23/h4-16,25H,3,17-19H2,1-2H3,(H,29,32). The highest BCUT2D eigenvalue weighted by molar-refractivity contribution is 5.88. The summed E-state index contributed by atoms with van der Waals surface area (Å²) in [5, 5.41) is 2.88. The van der Waals surface area contributed by atoms with E-state index in [4.69, 9.17) is 0 Å². The molecule has 2 amide bonds. The van der Waals surface area contributed by atoms with E-state index >= 15 is 0 Å². The second-order valence-electron chi connectivity index (χ2n) is 7.91. The first kappa shape index (κ1) is 23.2. The first-order valence-electron chi connectivity index (χ1n) is 10.9. The number of nitrogens with one attached hydrogen (secondary N) is 1. The number of aryl methyl sites for hydroxylation is 1. The maximum Gasteiger partial charge on any atom is 0.243 e. The SMILES string of the molecule is CCNC(=O)C(Cc1ccccc1)N(Cc1ccc(F)cc1)C(=O)Cc1cccc(C)c1. The van der Waals surface area contributed by atoms with E-state index in [1.54, 1.807) is 17.0 Å². The lowest BCUT2D eigenvalue weighted by atomic mass is 10.0. The quantitative estimate of drug-likeness (QED) is 0.543. The summed E-state index contributed by atoms with van der Waals surface area (Å²) in [6, 6.07) is 22.8. The molecule has 0 aliphatic carbocycles. The molecule has 0 heterocycles. The molecule has 5 heteroatoms. The van der Waals surface area contributed by atoms with Gasteiger partial charge in [0.1, 0.15) is 11.9 Å². The summed E-state index contributed by atoms with van der Waals surface area (Å²) >= 11 is 0. The topological polar surface area (TPSA) is 49.4 Å². The van der Waals surface area contributed by atoms with Crippen molar-refractivity contribution in [2.24, 2.45) is 0 Å². The summed E-state index contributed by atoms with van der Waals surface area (Å²) < 4.78 is 13.4. The van der Waals surface area contributed by atoms with Crippen LogP contribution in [-0.2, 0) is 29.0 Å². The maximum atomic E-state index is 13.5. The van der Waals surface area contributed by atoms with Crippen LogP contribution >= 0.6 is 0 Å². The molecule has 32 heavy (non-hydrogen) atoms. The zero-order valence-electron chi connectivity index (χ0n) is 18.6. The first-order valence-corrected chi connectivity index (χ1v) is 10.9. The van der Waals surface area contributed by atoms with Crippen LogP contribution in [0.1, 0.15) is 29.2 Å². The molecule has 0 radical (unpaired) electrons. The lowest BCUT2D eigenvalue weighted by molar-refractivity contribution is -0.140. The van der Waals surface area contributed by atoms with Gasteiger partial charge in [0.25, 0.3) is 0 Å². The van der Waals surface area contributed by atoms with Gasteiger partial charge in [-0.15, -0.1) is 0 Å². The predicted octanol–water partition coefficient (Wildman–Crippen LogP) is 4.45. The zero-order valence-corrected chi connectivity index (χ0v) is 18.6. The van der Waals surface area contributed by atoms with Gasteiger partial charge >= 0.3 is 0 Å². The zero-order chi connectivity index (χ0) is 22.9. The normalized spacial score (nSPS) is 11.6. The molecule has 0 aromatic heterocycles. The van der Waals surface area contributed by atoms with Crippen molar-refractivity contribution >= 4 is 11.8 Å². The Labute approximate surface area is 189 Å². The van der Waals surface area contributed by atoms with Crippen molar-refractivity contribution in [3.63, 3.8) is 0 Å². The Balaban J connectivity index is 1.94. The van der Waals surface area contributed by atoms with E-state index in [2.05, 4.69) is 5.32 Å². The van der Waals surface area contributed by atoms with Gasteiger partial charge in [-0.25, -0.2) is 4.39 Å². The minimum absolute atomic E-state index is 0.146. The van der Waals surface area contributed by atoms with E-state index in [1.807, 2.05) is 68.4 Å². The van der Waals surface area contributed by atoms with Gasteiger partial charge in [0.2, 0.25) is 11.8 Å². The van der Waals surface area contributed by atoms with Crippen LogP contribution in [0.3, 0.4) is 0 Å². The van der Waals surface area contributed by atoms with Crippen molar-refractivity contribution in [1.82, 2.24) is 10.2 Å². The number of nitrogens with zero attached hydrogens (tertiary/aromatic N) is 1. The fourth-order valence-electron chi connectivity index (χ4n) is 3.73. The average molecular weight is 433 g/mol. The summed E-state index contributed by atoms with van der Waals surface area (Å²) in [7, 11) is 0. The van der Waals surface area contributed by atoms with E-state index in [-0.39, 0.29) is 30.6 Å². The molecule has 0 bridgehead atoms. The number of hydrogen-bond acceptors (Lipinski definition) is 2. The van der Waals surface area contributed by atoms with E-state index in [9.17, 15) is 14.0 Å². The smallest absolute Gasteiger partial charge is 0.243 e. The van der Waals surface area contributed by atoms with Crippen LogP contribution in [0.15, 0.2) is 78.9 Å². The lowest BCUT2D eigenvalue weighted by Gasteiger charge is -2.31. The monoisotopic (exact) mass is 432 g/mol. The van der Waals surface area contributed by atoms with Crippen molar-refractivity contribution in [2.45, 2.75) is 39.3 Å². The van der Waals surface area contributed by atoms with Crippen LogP contribution in [0, 0.1) is 12.7 Å². The molecule has 0 aliphatic heterocycles. The van der Waals surface area contributed by atoms with Crippen LogP contribution in [0.4, 0.5) is 4.39 Å². The molecule has 1 N–H and O–H groups in total. The van der Waals surface area contributed by atoms with Crippen LogP contribution < -0.4 is 5.32 Å². The highest BCUT2D eigenvalue weighted by Gasteiger charge is 2.30. The van der Waals surface area contributed by atoms with E-state index < -0.39 is 6.04 Å². The summed E-state index contributed by atoms with van der Waals surface area (Å²) in [5.41, 5.74) is 3.71. The molecule has 3 aromatic rings. The van der Waals surface area contributed by atoms with Gasteiger partial charge in [0.15, 0.2) is 0 Å². The van der Waals surface area contributed by atoms with Crippen molar-refractivity contribution in [3.05, 3.63) is 107 Å². The van der Waals surface area contributed by atoms with Gasteiger partial charge in [0, 0.05) is 19.5 Å². The van der Waals surface area contributed by atoms with Crippen LogP contribution in [0.5, 0.6) is 0 Å². The van der Waals surface area contributed by atoms with Gasteiger partial charge in [0.05, 0.1) is 6.42 Å². The van der Waals surface area contributed by atoms with Crippen molar-refractivity contribution < 1.29 is 14.0 Å². The molecule has 3 aromatic carbocycles. The van der Waals surface area contributed by atoms with Gasteiger partial charge in [-0.2, -0.15) is 0 Å². The highest BCUT2D eigenvalue weighted by atomic mass is 19.1. The Morgan fingerprint density at radius 1 is 0.906 bits per heavy atom. The molecule has 166 valence electrons. The van der Waals surface area contributed by atoms with E-state index in [1.165, 1.54) is 12.1 Å². The summed E-state index contributed by atoms with van der Waals surface area (Å²) in [6.45, 7) is 4.54. The second-order valence-corrected chi connectivity index (χ2v) is 7.91. The molecule has 0 aliphatic rings. The molecule has 4 nitrogen and oxygen atoms in total. The summed E-state index contributed by atoms with van der Waals surface area (Å²) in [5.74, 6) is -0.681. The van der Waals surface area contributed by atoms with E-state index in [0.717, 1.165) is 22.3 Å². The average Bonchev–Trinajstić information content (AvgIpc) is 2.78. The lowest BCUT2D eigenvalue weighted by Crippen LogP contribution is -2.50. The number of hydrogen-bond donors (Lipinski definition) is 1. The number of carbonyl (C=O) groups is 2. The molecule has 1 unspecified atom stereocenters. The van der Waals surface area contributed by atoms with Gasteiger partial charge < -0.3 is 10.2 Å². The Hall–Kier alpha value is -3.47. The largest absolute Gasteiger partial charge is 0.355 e. The number of rotatable bonds is 9. The Morgan fingerprint density at radius 2 is 1.59 bits per heavy atom. The highest BCUT2D eigenvalue weighted by Crippen LogP contribution is 2.17. The maximum absolute atomic E-state index is 13.5. The third-order valence-electron chi connectivity index (χ3n) is 5.33.